The van der Waals surface area contributed by atoms with E-state index in [0.29, 0.717) is 29.3 Å². The molecule has 0 radical (unpaired) electrons. The van der Waals surface area contributed by atoms with Gasteiger partial charge in [0, 0.05) is 11.7 Å². The Kier molecular flexibility index (Phi) is 12.2. The average Bonchev–Trinajstić information content (AvgIpc) is 2.89. The summed E-state index contributed by atoms with van der Waals surface area (Å²) in [5.74, 6) is 0.0235. The second-order valence-corrected chi connectivity index (χ2v) is 11.9. The van der Waals surface area contributed by atoms with Gasteiger partial charge in [0.05, 0.1) is 13.7 Å². The van der Waals surface area contributed by atoms with Crippen LogP contribution in [0.15, 0.2) is 42.5 Å². The Balaban J connectivity index is 2.61. The van der Waals surface area contributed by atoms with Crippen LogP contribution in [0.3, 0.4) is 0 Å². The van der Waals surface area contributed by atoms with Gasteiger partial charge in [0.2, 0.25) is 5.91 Å². The van der Waals surface area contributed by atoms with Gasteiger partial charge in [-0.25, -0.2) is 4.79 Å². The van der Waals surface area contributed by atoms with Gasteiger partial charge in [-0.3, -0.25) is 9.59 Å². The lowest BCUT2D eigenvalue weighted by Crippen LogP contribution is -2.56. The van der Waals surface area contributed by atoms with Crippen molar-refractivity contribution in [2.24, 2.45) is 5.92 Å². The van der Waals surface area contributed by atoms with Gasteiger partial charge in [0.15, 0.2) is 0 Å². The molecule has 0 aliphatic rings. The number of hydrogen-bond donors (Lipinski definition) is 3. The number of rotatable bonds is 12. The van der Waals surface area contributed by atoms with Gasteiger partial charge in [-0.2, -0.15) is 0 Å². The molecule has 3 unspecified atom stereocenters. The van der Waals surface area contributed by atoms with Gasteiger partial charge in [0.25, 0.3) is 5.91 Å². The first kappa shape index (κ1) is 33.6. The highest BCUT2D eigenvalue weighted by Crippen LogP contribution is 2.31. The van der Waals surface area contributed by atoms with Crippen LogP contribution in [0.25, 0.3) is 0 Å². The summed E-state index contributed by atoms with van der Waals surface area (Å²) < 4.78 is 10.6. The SMILES string of the molecule is COc1ccc(NC(=O)C(c2cc(C)ccc2C)N(C(=O)C(CO)NC(=O)OC(C)(C)C)C(C)CCC(C)C)cc1. The number of ether oxygens (including phenoxy) is 2. The fourth-order valence-electron chi connectivity index (χ4n) is 4.48. The smallest absolute Gasteiger partial charge is 0.408 e. The van der Waals surface area contributed by atoms with Crippen LogP contribution in [-0.2, 0) is 14.3 Å². The van der Waals surface area contributed by atoms with Crippen LogP contribution >= 0.6 is 0 Å². The third-order valence-electron chi connectivity index (χ3n) is 6.68. The Morgan fingerprint density at radius 1 is 0.976 bits per heavy atom. The summed E-state index contributed by atoms with van der Waals surface area (Å²) >= 11 is 0. The molecule has 0 saturated carbocycles. The number of aliphatic hydroxyl groups excluding tert-OH is 1. The molecule has 3 N–H and O–H groups in total. The second-order valence-electron chi connectivity index (χ2n) is 11.9. The first-order valence-electron chi connectivity index (χ1n) is 14.1. The lowest BCUT2D eigenvalue weighted by molar-refractivity contribution is -0.144. The van der Waals surface area contributed by atoms with E-state index in [0.717, 1.165) is 17.5 Å². The maximum atomic E-state index is 14.2. The Hall–Kier alpha value is -3.59. The molecule has 2 aromatic carbocycles. The van der Waals surface area contributed by atoms with Crippen LogP contribution in [0.2, 0.25) is 0 Å². The van der Waals surface area contributed by atoms with Crippen molar-refractivity contribution < 1.29 is 29.0 Å². The summed E-state index contributed by atoms with van der Waals surface area (Å²) in [6.07, 6.45) is 0.601. The zero-order valence-electron chi connectivity index (χ0n) is 25.9. The number of methoxy groups -OCH3 is 1. The molecule has 9 nitrogen and oxygen atoms in total. The molecule has 226 valence electrons. The highest BCUT2D eigenvalue weighted by molar-refractivity contribution is 5.99. The van der Waals surface area contributed by atoms with E-state index in [4.69, 9.17) is 9.47 Å². The first-order chi connectivity index (χ1) is 19.2. The second kappa shape index (κ2) is 14.9. The maximum absolute atomic E-state index is 14.2. The summed E-state index contributed by atoms with van der Waals surface area (Å²) in [4.78, 5) is 42.4. The molecule has 0 saturated heterocycles. The molecule has 0 aromatic heterocycles. The Morgan fingerprint density at radius 2 is 1.61 bits per heavy atom. The van der Waals surface area contributed by atoms with E-state index in [1.807, 2.05) is 39.0 Å². The van der Waals surface area contributed by atoms with Crippen molar-refractivity contribution in [3.05, 3.63) is 59.2 Å². The molecular formula is C32H47N3O6. The Morgan fingerprint density at radius 3 is 2.15 bits per heavy atom. The van der Waals surface area contributed by atoms with E-state index in [2.05, 4.69) is 24.5 Å². The summed E-state index contributed by atoms with van der Waals surface area (Å²) in [7, 11) is 1.56. The number of benzene rings is 2. The number of alkyl carbamates (subject to hydrolysis) is 1. The first-order valence-corrected chi connectivity index (χ1v) is 14.1. The van der Waals surface area contributed by atoms with Crippen LogP contribution < -0.4 is 15.4 Å². The molecule has 41 heavy (non-hydrogen) atoms. The molecule has 0 heterocycles. The molecule has 0 bridgehead atoms. The van der Waals surface area contributed by atoms with Crippen LogP contribution in [0.5, 0.6) is 5.75 Å². The van der Waals surface area contributed by atoms with Gasteiger partial charge >= 0.3 is 6.09 Å². The van der Waals surface area contributed by atoms with Crippen molar-refractivity contribution in [1.82, 2.24) is 10.2 Å². The topological polar surface area (TPSA) is 117 Å². The van der Waals surface area contributed by atoms with Gasteiger partial charge in [-0.1, -0.05) is 37.6 Å². The van der Waals surface area contributed by atoms with Crippen LogP contribution in [0.4, 0.5) is 10.5 Å². The van der Waals surface area contributed by atoms with Crippen molar-refractivity contribution in [2.75, 3.05) is 19.0 Å². The third kappa shape index (κ3) is 10.1. The number of nitrogens with zero attached hydrogens (tertiary/aromatic N) is 1. The van der Waals surface area contributed by atoms with Crippen molar-refractivity contribution in [1.29, 1.82) is 0 Å². The number of aryl methyl sites for hydroxylation is 2. The molecule has 3 atom stereocenters. The van der Waals surface area contributed by atoms with Crippen LogP contribution in [-0.4, -0.2) is 59.3 Å². The zero-order chi connectivity index (χ0) is 30.9. The Bertz CT molecular complexity index is 1170. The molecule has 0 aliphatic carbocycles. The van der Waals surface area contributed by atoms with Gasteiger partial charge in [-0.15, -0.1) is 0 Å². The predicted molar refractivity (Wildman–Crippen MR) is 161 cm³/mol. The lowest BCUT2D eigenvalue weighted by atomic mass is 9.93. The fourth-order valence-corrected chi connectivity index (χ4v) is 4.48. The molecule has 9 heteroatoms. The Labute approximate surface area is 244 Å². The van der Waals surface area contributed by atoms with Crippen LogP contribution in [0, 0.1) is 19.8 Å². The van der Waals surface area contributed by atoms with E-state index >= 15 is 0 Å². The molecule has 0 spiro atoms. The minimum absolute atomic E-state index is 0.371. The molecule has 2 rings (SSSR count). The maximum Gasteiger partial charge on any atom is 0.408 e. The normalized spacial score (nSPS) is 13.6. The largest absolute Gasteiger partial charge is 0.497 e. The van der Waals surface area contributed by atoms with E-state index in [1.54, 1.807) is 52.1 Å². The van der Waals surface area contributed by atoms with Crippen molar-refractivity contribution >= 4 is 23.6 Å². The minimum Gasteiger partial charge on any atom is -0.497 e. The molecule has 0 aliphatic heterocycles. The zero-order valence-corrected chi connectivity index (χ0v) is 25.9. The number of anilines is 1. The summed E-state index contributed by atoms with van der Waals surface area (Å²) in [5, 5.41) is 15.7. The van der Waals surface area contributed by atoms with Gasteiger partial charge in [0.1, 0.15) is 23.4 Å². The third-order valence-corrected chi connectivity index (χ3v) is 6.68. The fraction of sp³-hybridized carbons (Fsp3) is 0.531. The number of hydrogen-bond acceptors (Lipinski definition) is 6. The highest BCUT2D eigenvalue weighted by atomic mass is 16.6. The average molecular weight is 570 g/mol. The summed E-state index contributed by atoms with van der Waals surface area (Å²) in [5.41, 5.74) is 2.17. The molecule has 2 aromatic rings. The number of nitrogens with one attached hydrogen (secondary N) is 2. The number of carbonyl (C=O) groups excluding carboxylic acids is 3. The minimum atomic E-state index is -1.31. The predicted octanol–water partition coefficient (Wildman–Crippen LogP) is 5.53. The van der Waals surface area contributed by atoms with Crippen LogP contribution in [0.1, 0.15) is 77.1 Å². The molecule has 0 fully saturated rings. The molecular weight excluding hydrogens is 522 g/mol. The number of aliphatic hydroxyl groups is 1. The van der Waals surface area contributed by atoms with Gasteiger partial charge < -0.3 is 30.1 Å². The molecule has 3 amide bonds. The van der Waals surface area contributed by atoms with Gasteiger partial charge in [-0.05, 0) is 95.7 Å². The summed E-state index contributed by atoms with van der Waals surface area (Å²) in [6, 6.07) is 9.96. The number of amides is 3. The van der Waals surface area contributed by atoms with Crippen molar-refractivity contribution in [3.63, 3.8) is 0 Å². The summed E-state index contributed by atoms with van der Waals surface area (Å²) in [6.45, 7) is 14.4. The van der Waals surface area contributed by atoms with E-state index in [9.17, 15) is 19.5 Å². The van der Waals surface area contributed by atoms with E-state index in [1.165, 1.54) is 4.90 Å². The highest BCUT2D eigenvalue weighted by Gasteiger charge is 2.39. The van der Waals surface area contributed by atoms with E-state index < -0.39 is 48.2 Å². The lowest BCUT2D eigenvalue weighted by Gasteiger charge is -2.39. The standard InChI is InChI=1S/C32H47N3O6/c1-20(2)10-13-23(5)35(30(38)27(19-36)34-31(39)41-32(6,7)8)28(26-18-21(3)11-12-22(26)4)29(37)33-24-14-16-25(40-9)17-15-24/h11-12,14-18,20,23,27-28,36H,10,13,19H2,1-9H3,(H,33,37)(H,34,39). The van der Waals surface area contributed by atoms with Crippen molar-refractivity contribution in [2.45, 2.75) is 92.0 Å². The van der Waals surface area contributed by atoms with E-state index in [-0.39, 0.29) is 0 Å². The van der Waals surface area contributed by atoms with Crippen molar-refractivity contribution in [3.8, 4) is 5.75 Å². The number of carbonyl (C=O) groups is 3. The quantitative estimate of drug-likeness (QED) is 0.309. The monoisotopic (exact) mass is 569 g/mol.